The molecule has 26 heavy (non-hydrogen) atoms. The maximum absolute atomic E-state index is 7.75. The molecule has 0 aromatic carbocycles. The number of hydrogen-bond donors (Lipinski definition) is 0. The molecule has 0 bridgehead atoms. The first-order valence-electron chi connectivity index (χ1n) is 7.83. The van der Waals surface area contributed by atoms with Crippen molar-refractivity contribution in [2.75, 3.05) is 19.0 Å². The van der Waals surface area contributed by atoms with Gasteiger partial charge in [-0.15, -0.1) is 21.8 Å². The molecule has 2 rings (SSSR count). The van der Waals surface area contributed by atoms with Gasteiger partial charge in [0.1, 0.15) is 0 Å². The van der Waals surface area contributed by atoms with Gasteiger partial charge in [-0.2, -0.15) is 0 Å². The number of anilines is 1. The molecule has 1 aliphatic carbocycles. The summed E-state index contributed by atoms with van der Waals surface area (Å²) in [7, 11) is 7.10. The fourth-order valence-corrected chi connectivity index (χ4v) is 3.57. The molecule has 1 aromatic heterocycles. The summed E-state index contributed by atoms with van der Waals surface area (Å²) in [4.78, 5) is 29.8. The van der Waals surface area contributed by atoms with Gasteiger partial charge in [0.05, 0.1) is 0 Å². The van der Waals surface area contributed by atoms with E-state index in [1.54, 1.807) is 0 Å². The van der Waals surface area contributed by atoms with Gasteiger partial charge in [0.15, 0.2) is 0 Å². The molecule has 1 fully saturated rings. The first kappa shape index (κ1) is 29.6. The minimum absolute atomic E-state index is 0. The van der Waals surface area contributed by atoms with Crippen molar-refractivity contribution in [3.8, 4) is 0 Å². The van der Waals surface area contributed by atoms with Crippen LogP contribution in [0.2, 0.25) is 0 Å². The van der Waals surface area contributed by atoms with E-state index < -0.39 is 0 Å². The molecule has 0 N–H and O–H groups in total. The molecular weight excluding hydrogens is 392 g/mol. The standard InChI is InChI=1S/C15H25N3P.3CHO.Mn/c1-11(14-5-4-6-15(14)19)17-10-12-9-13(18(2)3)7-8-16-12;3*1-2;/h7-9,11,14-15H,4-6,10,19H2,1-3H3;3*1H;/q4*-1;/t11-,14?,15?;;;;/m0..../s1. The molecule has 8 heteroatoms. The average Bonchev–Trinajstić information content (AvgIpc) is 3.11. The maximum atomic E-state index is 7.75. The van der Waals surface area contributed by atoms with Crippen molar-refractivity contribution in [2.24, 2.45) is 5.92 Å². The predicted octanol–water partition coefficient (Wildman–Crippen LogP) is 2.63. The Morgan fingerprint density at radius 1 is 1.23 bits per heavy atom. The molecule has 3 unspecified atom stereocenters. The monoisotopic (exact) mass is 420 g/mol. The normalized spacial score (nSPS) is 18.3. The van der Waals surface area contributed by atoms with E-state index in [1.165, 1.54) is 24.9 Å². The minimum atomic E-state index is 0. The summed E-state index contributed by atoms with van der Waals surface area (Å²) in [6.45, 7) is 12.7. The molecule has 1 saturated carbocycles. The van der Waals surface area contributed by atoms with E-state index in [0.29, 0.717) is 6.04 Å². The summed E-state index contributed by atoms with van der Waals surface area (Å²) in [6, 6.07) is 4.60. The summed E-state index contributed by atoms with van der Waals surface area (Å²) >= 11 is 0. The van der Waals surface area contributed by atoms with Gasteiger partial charge in [-0.05, 0) is 24.2 Å². The van der Waals surface area contributed by atoms with E-state index >= 15 is 0 Å². The molecule has 0 amide bonds. The molecule has 1 radical (unpaired) electrons. The van der Waals surface area contributed by atoms with Crippen molar-refractivity contribution < 1.29 is 31.5 Å². The predicted molar refractivity (Wildman–Crippen MR) is 106 cm³/mol. The SMILES string of the molecule is C[C@H]([N-]Cc1cc(N(C)C)ccn1)C1CCCC1P.[CH-]=O.[CH-]=O.[CH-]=O.[Mn]. The number of pyridine rings is 1. The van der Waals surface area contributed by atoms with Crippen LogP contribution >= 0.6 is 9.24 Å². The fraction of sp³-hybridized carbons (Fsp3) is 0.556. The van der Waals surface area contributed by atoms with Crippen LogP contribution in [0.5, 0.6) is 0 Å². The van der Waals surface area contributed by atoms with Crippen LogP contribution in [0.25, 0.3) is 5.32 Å². The molecule has 0 spiro atoms. The van der Waals surface area contributed by atoms with E-state index in [9.17, 15) is 0 Å². The van der Waals surface area contributed by atoms with Crippen LogP contribution in [0.15, 0.2) is 18.3 Å². The number of rotatable bonds is 5. The van der Waals surface area contributed by atoms with Crippen LogP contribution in [0.3, 0.4) is 0 Å². The Bertz CT molecular complexity index is 464. The first-order chi connectivity index (χ1) is 12.1. The van der Waals surface area contributed by atoms with Crippen molar-refractivity contribution in [3.63, 3.8) is 0 Å². The van der Waals surface area contributed by atoms with E-state index in [4.69, 9.17) is 19.7 Å². The van der Waals surface area contributed by atoms with Gasteiger partial charge in [-0.3, -0.25) is 25.4 Å². The first-order valence-corrected chi connectivity index (χ1v) is 8.49. The van der Waals surface area contributed by atoms with Crippen molar-refractivity contribution in [1.29, 1.82) is 0 Å². The molecule has 0 saturated heterocycles. The Morgan fingerprint density at radius 2 is 1.81 bits per heavy atom. The van der Waals surface area contributed by atoms with Crippen molar-refractivity contribution in [3.05, 3.63) is 29.3 Å². The topological polar surface area (TPSA) is 81.4 Å². The number of carbonyl (C=O) groups excluding carboxylic acids is 3. The van der Waals surface area contributed by atoms with Crippen molar-refractivity contribution in [2.45, 2.75) is 44.4 Å². The second kappa shape index (κ2) is 18.7. The Balaban J connectivity index is -0.000000686. The van der Waals surface area contributed by atoms with Crippen LogP contribution in [-0.2, 0) is 38.0 Å². The number of aromatic nitrogens is 1. The molecule has 1 aliphatic rings. The largest absolute Gasteiger partial charge is 0.654 e. The quantitative estimate of drug-likeness (QED) is 0.317. The molecular formula is C18H28MnN3O3P-4. The average molecular weight is 420 g/mol. The van der Waals surface area contributed by atoms with Gasteiger partial charge in [0.25, 0.3) is 0 Å². The van der Waals surface area contributed by atoms with Gasteiger partial charge >= 0.3 is 0 Å². The van der Waals surface area contributed by atoms with Crippen molar-refractivity contribution >= 4 is 35.3 Å². The van der Waals surface area contributed by atoms with Crippen LogP contribution in [0, 0.1) is 5.92 Å². The van der Waals surface area contributed by atoms with Gasteiger partial charge in [-0.1, -0.05) is 25.7 Å². The molecule has 1 aromatic rings. The summed E-state index contributed by atoms with van der Waals surface area (Å²) in [5.41, 5.74) is 3.01. The van der Waals surface area contributed by atoms with E-state index in [1.807, 2.05) is 12.3 Å². The van der Waals surface area contributed by atoms with Crippen LogP contribution < -0.4 is 4.90 Å². The Kier molecular flexibility index (Phi) is 21.3. The summed E-state index contributed by atoms with van der Waals surface area (Å²) in [5, 5.41) is 4.83. The summed E-state index contributed by atoms with van der Waals surface area (Å²) < 4.78 is 0. The van der Waals surface area contributed by atoms with E-state index in [-0.39, 0.29) is 17.1 Å². The number of hydrogen-bond acceptors (Lipinski definition) is 5. The van der Waals surface area contributed by atoms with Crippen molar-refractivity contribution in [1.82, 2.24) is 4.98 Å². The van der Waals surface area contributed by atoms with Gasteiger partial charge in [0, 0.05) is 48.7 Å². The summed E-state index contributed by atoms with van der Waals surface area (Å²) in [6.07, 6.45) is 5.89. The Morgan fingerprint density at radius 3 is 2.27 bits per heavy atom. The van der Waals surface area contributed by atoms with Gasteiger partial charge in [0.2, 0.25) is 0 Å². The third-order valence-electron chi connectivity index (χ3n) is 4.10. The summed E-state index contributed by atoms with van der Waals surface area (Å²) in [5.74, 6) is 0.738. The van der Waals surface area contributed by atoms with Crippen LogP contribution in [0.4, 0.5) is 5.69 Å². The number of nitrogens with zero attached hydrogens (tertiary/aromatic N) is 3. The van der Waals surface area contributed by atoms with Crippen LogP contribution in [0.1, 0.15) is 31.9 Å². The smallest absolute Gasteiger partial charge is 0.0394 e. The second-order valence-corrected chi connectivity index (χ2v) is 6.60. The Hall–Kier alpha value is -1.13. The zero-order valence-corrected chi connectivity index (χ0v) is 17.9. The second-order valence-electron chi connectivity index (χ2n) is 5.74. The molecule has 1 heterocycles. The third-order valence-corrected chi connectivity index (χ3v) is 4.93. The molecule has 149 valence electrons. The molecule has 6 nitrogen and oxygen atoms in total. The zero-order chi connectivity index (χ0) is 19.8. The van der Waals surface area contributed by atoms with Gasteiger partial charge < -0.3 is 24.6 Å². The van der Waals surface area contributed by atoms with Crippen LogP contribution in [-0.4, -0.2) is 51.1 Å². The molecule has 0 aliphatic heterocycles. The Labute approximate surface area is 170 Å². The maximum Gasteiger partial charge on any atom is 0.0394 e. The van der Waals surface area contributed by atoms with E-state index in [0.717, 1.165) is 23.8 Å². The molecule has 4 atom stereocenters. The zero-order valence-electron chi connectivity index (χ0n) is 15.5. The van der Waals surface area contributed by atoms with E-state index in [2.05, 4.69) is 66.6 Å². The van der Waals surface area contributed by atoms with Gasteiger partial charge in [-0.25, -0.2) is 0 Å². The third kappa shape index (κ3) is 10.8. The fourth-order valence-electron chi connectivity index (χ4n) is 2.82. The minimum Gasteiger partial charge on any atom is -0.654 e.